The molecule has 2 atom stereocenters. The molecule has 3 aromatic rings. The Labute approximate surface area is 218 Å². The van der Waals surface area contributed by atoms with Crippen molar-refractivity contribution >= 4 is 39.4 Å². The molecule has 36 heavy (non-hydrogen) atoms. The average Bonchev–Trinajstić information content (AvgIpc) is 3.36. The van der Waals surface area contributed by atoms with Gasteiger partial charge in [0, 0.05) is 56.3 Å². The second-order valence-electron chi connectivity index (χ2n) is 9.92. The van der Waals surface area contributed by atoms with Gasteiger partial charge in [-0.25, -0.2) is 0 Å². The minimum Gasteiger partial charge on any atom is -0.496 e. The first kappa shape index (κ1) is 24.8. The maximum Gasteiger partial charge on any atom is 0.244 e. The number of carbonyl (C=O) groups excluding carboxylic acids is 1. The molecule has 1 N–H and O–H groups in total. The zero-order chi connectivity index (χ0) is 24.7. The first-order valence-corrected chi connectivity index (χ1v) is 13.9. The number of piperazine rings is 1. The van der Waals surface area contributed by atoms with Crippen LogP contribution in [0.3, 0.4) is 0 Å². The molecule has 5 rings (SSSR count). The van der Waals surface area contributed by atoms with Crippen molar-refractivity contribution in [2.24, 2.45) is 11.8 Å². The number of fused-ring (bicyclic) bond motifs is 1. The molecule has 0 unspecified atom stereocenters. The number of methoxy groups -OCH3 is 1. The highest BCUT2D eigenvalue weighted by Gasteiger charge is 2.29. The lowest BCUT2D eigenvalue weighted by atomic mass is 9.78. The first-order valence-electron chi connectivity index (χ1n) is 13.1. The molecule has 2 aromatic carbocycles. The van der Waals surface area contributed by atoms with Gasteiger partial charge < -0.3 is 15.0 Å². The monoisotopic (exact) mass is 504 g/mol. The van der Waals surface area contributed by atoms with Gasteiger partial charge in [0.1, 0.15) is 11.6 Å². The Morgan fingerprint density at radius 3 is 2.64 bits per heavy atom. The molecule has 0 bridgehead atoms. The van der Waals surface area contributed by atoms with E-state index in [4.69, 9.17) is 9.11 Å². The van der Waals surface area contributed by atoms with E-state index in [2.05, 4.69) is 39.4 Å². The highest BCUT2D eigenvalue weighted by atomic mass is 32.1. The number of amides is 1. The molecule has 1 aliphatic carbocycles. The van der Waals surface area contributed by atoms with Crippen LogP contribution in [0.4, 0.5) is 5.82 Å². The van der Waals surface area contributed by atoms with Crippen LogP contribution in [0.2, 0.25) is 0 Å². The smallest absolute Gasteiger partial charge is 0.244 e. The summed E-state index contributed by atoms with van der Waals surface area (Å²) >= 11 is 1.60. The lowest BCUT2D eigenvalue weighted by Gasteiger charge is -2.40. The van der Waals surface area contributed by atoms with Crippen LogP contribution in [0, 0.1) is 11.8 Å². The van der Waals surface area contributed by atoms with Gasteiger partial charge in [-0.2, -0.15) is 4.37 Å². The van der Waals surface area contributed by atoms with Crippen molar-refractivity contribution in [3.63, 3.8) is 0 Å². The number of nitrogens with zero attached hydrogens (tertiary/aromatic N) is 3. The molecule has 2 aliphatic rings. The van der Waals surface area contributed by atoms with Crippen LogP contribution in [0.25, 0.3) is 16.2 Å². The molecule has 1 saturated carbocycles. The summed E-state index contributed by atoms with van der Waals surface area (Å²) in [4.78, 5) is 17.6. The van der Waals surface area contributed by atoms with E-state index in [-0.39, 0.29) is 5.91 Å². The van der Waals surface area contributed by atoms with Crippen LogP contribution in [0.15, 0.2) is 54.6 Å². The van der Waals surface area contributed by atoms with Crippen LogP contribution >= 0.6 is 11.5 Å². The number of ether oxygens (including phenoxy) is 1. The molecular weight excluding hydrogens is 468 g/mol. The molecule has 0 radical (unpaired) electrons. The van der Waals surface area contributed by atoms with Gasteiger partial charge in [0.15, 0.2) is 0 Å². The van der Waals surface area contributed by atoms with Crippen LogP contribution in [-0.4, -0.2) is 61.6 Å². The fourth-order valence-corrected chi connectivity index (χ4v) is 6.42. The van der Waals surface area contributed by atoms with Gasteiger partial charge in [0.2, 0.25) is 5.91 Å². The molecular formula is C29H36N4O2S. The second kappa shape index (κ2) is 11.9. The summed E-state index contributed by atoms with van der Waals surface area (Å²) in [5, 5.41) is 4.45. The fraction of sp³-hybridized carbons (Fsp3) is 0.448. The predicted octanol–water partition coefficient (Wildman–Crippen LogP) is 5.06. The van der Waals surface area contributed by atoms with E-state index in [1.165, 1.54) is 35.8 Å². The maximum atomic E-state index is 12.5. The normalized spacial score (nSPS) is 21.2. The molecule has 2 fully saturated rings. The standard InChI is InChI=1S/C29H36N4O2S/c1-35-26-12-6-4-8-22(26)14-15-28(34)30-20-23-9-2-3-10-24(23)21-32-16-18-33(19-17-32)29-25-11-5-7-13-27(25)36-31-29/h4-8,11-15,23-24H,2-3,9-10,16-21H2,1H3,(H,30,34)/t23-,24+/m1/s1. The van der Waals surface area contributed by atoms with Crippen molar-refractivity contribution in [3.05, 3.63) is 60.2 Å². The number of benzene rings is 2. The van der Waals surface area contributed by atoms with Crippen LogP contribution < -0.4 is 15.0 Å². The molecule has 6 nitrogen and oxygen atoms in total. The highest BCUT2D eigenvalue weighted by Crippen LogP contribution is 2.32. The summed E-state index contributed by atoms with van der Waals surface area (Å²) in [5.41, 5.74) is 0.912. The Morgan fingerprint density at radius 1 is 1.06 bits per heavy atom. The van der Waals surface area contributed by atoms with Gasteiger partial charge in [0.05, 0.1) is 11.8 Å². The van der Waals surface area contributed by atoms with Gasteiger partial charge in [0.25, 0.3) is 0 Å². The number of carbonyl (C=O) groups is 1. The maximum absolute atomic E-state index is 12.5. The fourth-order valence-electron chi connectivity index (χ4n) is 5.63. The second-order valence-corrected chi connectivity index (χ2v) is 10.7. The van der Waals surface area contributed by atoms with Crippen molar-refractivity contribution in [1.29, 1.82) is 0 Å². The molecule has 1 amide bonds. The van der Waals surface area contributed by atoms with E-state index >= 15 is 0 Å². The predicted molar refractivity (Wildman–Crippen MR) is 149 cm³/mol. The van der Waals surface area contributed by atoms with Crippen molar-refractivity contribution in [2.75, 3.05) is 51.3 Å². The molecule has 1 aliphatic heterocycles. The number of hydrogen-bond donors (Lipinski definition) is 1. The number of para-hydroxylation sites is 1. The Hall–Kier alpha value is -2.90. The van der Waals surface area contributed by atoms with E-state index in [0.717, 1.165) is 56.4 Å². The van der Waals surface area contributed by atoms with E-state index < -0.39 is 0 Å². The van der Waals surface area contributed by atoms with Crippen LogP contribution in [0.1, 0.15) is 31.2 Å². The number of nitrogens with one attached hydrogen (secondary N) is 1. The van der Waals surface area contributed by atoms with E-state index in [1.807, 2.05) is 30.3 Å². The summed E-state index contributed by atoms with van der Waals surface area (Å²) in [7, 11) is 1.65. The molecule has 7 heteroatoms. The van der Waals surface area contributed by atoms with Gasteiger partial charge in [-0.15, -0.1) is 0 Å². The number of aromatic nitrogens is 1. The third-order valence-electron chi connectivity index (χ3n) is 7.68. The zero-order valence-corrected chi connectivity index (χ0v) is 21.9. The summed E-state index contributed by atoms with van der Waals surface area (Å²) in [6, 6.07) is 16.3. The third-order valence-corrected chi connectivity index (χ3v) is 8.50. The summed E-state index contributed by atoms with van der Waals surface area (Å²) < 4.78 is 11.4. The lowest BCUT2D eigenvalue weighted by molar-refractivity contribution is -0.116. The molecule has 2 heterocycles. The van der Waals surface area contributed by atoms with Crippen molar-refractivity contribution in [2.45, 2.75) is 25.7 Å². The Bertz CT molecular complexity index is 1180. The molecule has 190 valence electrons. The Morgan fingerprint density at radius 2 is 1.81 bits per heavy atom. The lowest BCUT2D eigenvalue weighted by Crippen LogP contribution is -2.49. The van der Waals surface area contributed by atoms with Crippen molar-refractivity contribution in [1.82, 2.24) is 14.6 Å². The molecule has 1 saturated heterocycles. The number of anilines is 1. The highest BCUT2D eigenvalue weighted by molar-refractivity contribution is 7.13. The third kappa shape index (κ3) is 5.90. The average molecular weight is 505 g/mol. The SMILES string of the molecule is COc1ccccc1C=CC(=O)NC[C@H]1CCCC[C@H]1CN1CCN(c2nsc3ccccc23)CC1. The number of hydrogen-bond acceptors (Lipinski definition) is 6. The Kier molecular flexibility index (Phi) is 8.18. The van der Waals surface area contributed by atoms with Crippen molar-refractivity contribution < 1.29 is 9.53 Å². The van der Waals surface area contributed by atoms with Crippen LogP contribution in [-0.2, 0) is 4.79 Å². The molecule has 1 aromatic heterocycles. The van der Waals surface area contributed by atoms with Gasteiger partial charge in [-0.1, -0.05) is 43.2 Å². The van der Waals surface area contributed by atoms with Crippen LogP contribution in [0.5, 0.6) is 5.75 Å². The van der Waals surface area contributed by atoms with Crippen molar-refractivity contribution in [3.8, 4) is 5.75 Å². The number of rotatable bonds is 8. The summed E-state index contributed by atoms with van der Waals surface area (Å²) in [6.45, 7) is 6.07. The largest absolute Gasteiger partial charge is 0.496 e. The summed E-state index contributed by atoms with van der Waals surface area (Å²) in [5.74, 6) is 3.08. The topological polar surface area (TPSA) is 57.7 Å². The van der Waals surface area contributed by atoms with Gasteiger partial charge >= 0.3 is 0 Å². The van der Waals surface area contributed by atoms with E-state index in [9.17, 15) is 4.79 Å². The van der Waals surface area contributed by atoms with E-state index in [0.29, 0.717) is 11.8 Å². The minimum atomic E-state index is -0.0330. The first-order chi connectivity index (χ1) is 17.7. The zero-order valence-electron chi connectivity index (χ0n) is 21.1. The summed E-state index contributed by atoms with van der Waals surface area (Å²) in [6.07, 6.45) is 8.47. The van der Waals surface area contributed by atoms with Gasteiger partial charge in [-0.3, -0.25) is 9.69 Å². The van der Waals surface area contributed by atoms with E-state index in [1.54, 1.807) is 24.7 Å². The van der Waals surface area contributed by atoms with Gasteiger partial charge in [-0.05, 0) is 60.5 Å². The Balaban J connectivity index is 1.11. The molecule has 0 spiro atoms. The quantitative estimate of drug-likeness (QED) is 0.435. The minimum absolute atomic E-state index is 0.0330.